The van der Waals surface area contributed by atoms with Gasteiger partial charge >= 0.3 is 10.1 Å². The predicted molar refractivity (Wildman–Crippen MR) is 85.9 cm³/mol. The average Bonchev–Trinajstić information content (AvgIpc) is 2.56. The van der Waals surface area contributed by atoms with Gasteiger partial charge in [-0.2, -0.15) is 13.7 Å². The van der Waals surface area contributed by atoms with Gasteiger partial charge in [-0.05, 0) is 17.7 Å². The zero-order valence-electron chi connectivity index (χ0n) is 11.3. The molecule has 0 amide bonds. The minimum Gasteiger partial charge on any atom is -0.263 e. The molecule has 0 radical (unpaired) electrons. The zero-order chi connectivity index (χ0) is 16.0. The van der Waals surface area contributed by atoms with Crippen LogP contribution in [0.5, 0.6) is 0 Å². The summed E-state index contributed by atoms with van der Waals surface area (Å²) in [5.74, 6) is 0. The van der Waals surface area contributed by atoms with Crippen LogP contribution in [0.15, 0.2) is 64.6 Å². The Hall–Kier alpha value is -2.17. The monoisotopic (exact) mass is 378 g/mol. The molecule has 0 bridgehead atoms. The summed E-state index contributed by atoms with van der Waals surface area (Å²) in [5.41, 5.74) is 1.31. The molecule has 0 aliphatic heterocycles. The highest BCUT2D eigenvalue weighted by Gasteiger charge is 2.16. The Labute approximate surface area is 137 Å². The molecule has 0 aliphatic carbocycles. The first-order valence-corrected chi connectivity index (χ1v) is 8.72. The lowest BCUT2D eigenvalue weighted by molar-refractivity contribution is 0.339. The molecule has 0 unspecified atom stereocenters. The Kier molecular flexibility index (Phi) is 5.31. The van der Waals surface area contributed by atoms with E-state index in [1.165, 1.54) is 12.1 Å². The number of halogens is 1. The first kappa shape index (κ1) is 16.2. The summed E-state index contributed by atoms with van der Waals surface area (Å²) >= 11 is 3.28. The van der Waals surface area contributed by atoms with Crippen LogP contribution in [0.4, 0.5) is 0 Å². The number of rotatable bonds is 5. The van der Waals surface area contributed by atoms with Gasteiger partial charge in [-0.25, -0.2) is 0 Å². The second kappa shape index (κ2) is 7.20. The van der Waals surface area contributed by atoms with Crippen molar-refractivity contribution in [2.24, 2.45) is 5.16 Å². The van der Waals surface area contributed by atoms with Crippen LogP contribution in [0, 0.1) is 11.3 Å². The van der Waals surface area contributed by atoms with Crippen LogP contribution in [0.2, 0.25) is 0 Å². The maximum atomic E-state index is 12.0. The van der Waals surface area contributed by atoms with Crippen molar-refractivity contribution in [2.75, 3.05) is 0 Å². The lowest BCUT2D eigenvalue weighted by Gasteiger charge is -2.03. The molecule has 0 aliphatic rings. The van der Waals surface area contributed by atoms with E-state index in [9.17, 15) is 8.42 Å². The molecular formula is C15H11BrN2O3S. The largest absolute Gasteiger partial charge is 0.358 e. The Bertz CT molecular complexity index is 810. The van der Waals surface area contributed by atoms with E-state index in [0.29, 0.717) is 10.9 Å². The van der Waals surface area contributed by atoms with Crippen LogP contribution in [0.3, 0.4) is 0 Å². The molecule has 2 rings (SSSR count). The summed E-state index contributed by atoms with van der Waals surface area (Å²) in [6, 6.07) is 16.5. The molecule has 0 aromatic heterocycles. The molecule has 0 atom stereocenters. The minimum atomic E-state index is -4.05. The molecule has 7 heteroatoms. The summed E-state index contributed by atoms with van der Waals surface area (Å²) < 4.78 is 28.7. The molecule has 0 heterocycles. The van der Waals surface area contributed by atoms with Gasteiger partial charge in [0.25, 0.3) is 0 Å². The molecule has 5 nitrogen and oxygen atoms in total. The number of nitrogens with zero attached hydrogens (tertiary/aromatic N) is 2. The molecule has 2 aromatic rings. The van der Waals surface area contributed by atoms with Crippen molar-refractivity contribution in [3.63, 3.8) is 0 Å². The third-order valence-corrected chi connectivity index (χ3v) is 4.51. The van der Waals surface area contributed by atoms with Gasteiger partial charge in [0.05, 0.1) is 0 Å². The van der Waals surface area contributed by atoms with Gasteiger partial charge in [0.2, 0.25) is 0 Å². The molecule has 22 heavy (non-hydrogen) atoms. The fourth-order valence-electron chi connectivity index (χ4n) is 1.61. The van der Waals surface area contributed by atoms with E-state index < -0.39 is 10.1 Å². The summed E-state index contributed by atoms with van der Waals surface area (Å²) in [7, 11) is -4.05. The molecule has 0 spiro atoms. The van der Waals surface area contributed by atoms with Crippen molar-refractivity contribution >= 4 is 31.8 Å². The number of benzene rings is 2. The topological polar surface area (TPSA) is 79.5 Å². The third kappa shape index (κ3) is 3.93. The van der Waals surface area contributed by atoms with Crippen molar-refractivity contribution in [3.05, 3.63) is 65.7 Å². The fourth-order valence-corrected chi connectivity index (χ4v) is 2.71. The lowest BCUT2D eigenvalue weighted by atomic mass is 10.1. The molecular weight excluding hydrogens is 368 g/mol. The van der Waals surface area contributed by atoms with Gasteiger partial charge < -0.3 is 0 Å². The van der Waals surface area contributed by atoms with E-state index >= 15 is 0 Å². The van der Waals surface area contributed by atoms with E-state index in [1.54, 1.807) is 42.5 Å². The van der Waals surface area contributed by atoms with E-state index in [2.05, 4.69) is 25.4 Å². The van der Waals surface area contributed by atoms with Crippen LogP contribution in [-0.4, -0.2) is 14.1 Å². The van der Waals surface area contributed by atoms with Crippen molar-refractivity contribution in [3.8, 4) is 6.07 Å². The number of oxime groups is 1. The van der Waals surface area contributed by atoms with Gasteiger partial charge in [0.15, 0.2) is 5.71 Å². The lowest BCUT2D eigenvalue weighted by Crippen LogP contribution is -2.06. The van der Waals surface area contributed by atoms with Crippen LogP contribution < -0.4 is 0 Å². The third-order valence-electron chi connectivity index (χ3n) is 2.75. The molecule has 0 fully saturated rings. The van der Waals surface area contributed by atoms with Crippen molar-refractivity contribution in [2.45, 2.75) is 10.2 Å². The highest BCUT2D eigenvalue weighted by atomic mass is 79.9. The Balaban J connectivity index is 2.24. The smallest absolute Gasteiger partial charge is 0.263 e. The van der Waals surface area contributed by atoms with E-state index in [4.69, 9.17) is 5.26 Å². The SMILES string of the molecule is N#CC(=NOS(=O)(=O)c1ccc(CBr)cc1)c1ccccc1. The Morgan fingerprint density at radius 3 is 2.32 bits per heavy atom. The van der Waals surface area contributed by atoms with Gasteiger partial charge in [0, 0.05) is 10.9 Å². The summed E-state index contributed by atoms with van der Waals surface area (Å²) in [6.07, 6.45) is 0. The summed E-state index contributed by atoms with van der Waals surface area (Å²) in [6.45, 7) is 0. The summed E-state index contributed by atoms with van der Waals surface area (Å²) in [4.78, 5) is -0.0219. The number of hydrogen-bond acceptors (Lipinski definition) is 5. The van der Waals surface area contributed by atoms with Crippen molar-refractivity contribution < 1.29 is 12.7 Å². The van der Waals surface area contributed by atoms with E-state index in [1.807, 2.05) is 6.07 Å². The zero-order valence-corrected chi connectivity index (χ0v) is 13.7. The Morgan fingerprint density at radius 2 is 1.77 bits per heavy atom. The maximum Gasteiger partial charge on any atom is 0.358 e. The Morgan fingerprint density at radius 1 is 1.14 bits per heavy atom. The van der Waals surface area contributed by atoms with Gasteiger partial charge in [-0.1, -0.05) is 63.6 Å². The number of alkyl halides is 1. The average molecular weight is 379 g/mol. The minimum absolute atomic E-state index is 0.0219. The molecule has 2 aromatic carbocycles. The first-order chi connectivity index (χ1) is 10.6. The van der Waals surface area contributed by atoms with Gasteiger partial charge in [0.1, 0.15) is 11.0 Å². The quantitative estimate of drug-likeness (QED) is 0.454. The van der Waals surface area contributed by atoms with Crippen LogP contribution in [-0.2, 0) is 19.7 Å². The van der Waals surface area contributed by atoms with Gasteiger partial charge in [-0.3, -0.25) is 4.28 Å². The molecule has 0 saturated carbocycles. The predicted octanol–water partition coefficient (Wildman–Crippen LogP) is 3.21. The molecule has 0 saturated heterocycles. The van der Waals surface area contributed by atoms with Crippen LogP contribution in [0.1, 0.15) is 11.1 Å². The number of nitriles is 1. The van der Waals surface area contributed by atoms with Crippen molar-refractivity contribution in [1.82, 2.24) is 0 Å². The first-order valence-electron chi connectivity index (χ1n) is 6.19. The van der Waals surface area contributed by atoms with Gasteiger partial charge in [-0.15, -0.1) is 0 Å². The van der Waals surface area contributed by atoms with Crippen LogP contribution >= 0.6 is 15.9 Å². The van der Waals surface area contributed by atoms with Crippen molar-refractivity contribution in [1.29, 1.82) is 5.26 Å². The summed E-state index contributed by atoms with van der Waals surface area (Å²) in [5, 5.41) is 13.1. The van der Waals surface area contributed by atoms with E-state index in [-0.39, 0.29) is 10.6 Å². The standard InChI is InChI=1S/C15H11BrN2O3S/c16-10-12-6-8-14(9-7-12)22(19,20)21-18-15(11-17)13-4-2-1-3-5-13/h1-9H,10H2. The molecule has 112 valence electrons. The highest BCUT2D eigenvalue weighted by molar-refractivity contribution is 9.08. The second-order valence-corrected chi connectivity index (χ2v) is 6.31. The van der Waals surface area contributed by atoms with Crippen LogP contribution in [0.25, 0.3) is 0 Å². The second-order valence-electron chi connectivity index (χ2n) is 4.22. The number of hydrogen-bond donors (Lipinski definition) is 0. The highest BCUT2D eigenvalue weighted by Crippen LogP contribution is 2.15. The van der Waals surface area contributed by atoms with E-state index in [0.717, 1.165) is 5.56 Å². The maximum absolute atomic E-state index is 12.0. The molecule has 0 N–H and O–H groups in total. The normalized spacial score (nSPS) is 11.7. The fraction of sp³-hybridized carbons (Fsp3) is 0.0667.